The number of benzene rings is 2. The Morgan fingerprint density at radius 1 is 1.16 bits per heavy atom. The van der Waals surface area contributed by atoms with Crippen molar-refractivity contribution in [3.05, 3.63) is 70.6 Å². The lowest BCUT2D eigenvalue weighted by Crippen LogP contribution is -2.56. The van der Waals surface area contributed by atoms with Crippen LogP contribution in [0.5, 0.6) is 6.01 Å². The molecule has 0 spiro atoms. The molecule has 1 amide bonds. The Bertz CT molecular complexity index is 1690. The molecule has 3 aromatic rings. The van der Waals surface area contributed by atoms with Crippen molar-refractivity contribution < 1.29 is 13.9 Å². The molecule has 1 aliphatic carbocycles. The molecule has 0 radical (unpaired) electrons. The third kappa shape index (κ3) is 5.53. The Kier molecular flexibility index (Phi) is 8.13. The molecule has 2 aromatic carbocycles. The summed E-state index contributed by atoms with van der Waals surface area (Å²) in [5.41, 5.74) is 5.18. The SMILES string of the molecule is [C-]#[N+]C[C@H]1CN(c2nc(OC[C@@]34CCCN3C[C@H](F)C4)nc3cc(-c4cccc5c4CCCC5)c(Cl)cc23)CCN1C(=O)C=C. The molecule has 8 nitrogen and oxygen atoms in total. The minimum absolute atomic E-state index is 0.176. The van der Waals surface area contributed by atoms with E-state index in [1.54, 1.807) is 4.90 Å². The van der Waals surface area contributed by atoms with Crippen molar-refractivity contribution >= 4 is 34.2 Å². The number of fused-ring (bicyclic) bond motifs is 3. The van der Waals surface area contributed by atoms with Crippen molar-refractivity contribution in [1.82, 2.24) is 19.8 Å². The van der Waals surface area contributed by atoms with Gasteiger partial charge in [-0.05, 0) is 80.0 Å². The van der Waals surface area contributed by atoms with Crippen LogP contribution in [0.1, 0.15) is 43.2 Å². The summed E-state index contributed by atoms with van der Waals surface area (Å²) in [5.74, 6) is 0.483. The zero-order chi connectivity index (χ0) is 31.1. The van der Waals surface area contributed by atoms with Gasteiger partial charge in [0.1, 0.15) is 24.6 Å². The van der Waals surface area contributed by atoms with Crippen LogP contribution >= 0.6 is 11.6 Å². The van der Waals surface area contributed by atoms with Crippen molar-refractivity contribution in [3.8, 4) is 17.1 Å². The van der Waals surface area contributed by atoms with Crippen LogP contribution in [0.25, 0.3) is 26.9 Å². The summed E-state index contributed by atoms with van der Waals surface area (Å²) in [5, 5.41) is 1.41. The van der Waals surface area contributed by atoms with Gasteiger partial charge in [-0.25, -0.2) is 11.0 Å². The Morgan fingerprint density at radius 3 is 2.87 bits per heavy atom. The van der Waals surface area contributed by atoms with Crippen LogP contribution in [0, 0.1) is 6.57 Å². The van der Waals surface area contributed by atoms with Gasteiger partial charge in [0.15, 0.2) is 0 Å². The molecule has 3 atom stereocenters. The van der Waals surface area contributed by atoms with Crippen LogP contribution in [0.4, 0.5) is 10.2 Å². The molecule has 3 saturated heterocycles. The normalized spacial score (nSPS) is 24.7. The lowest BCUT2D eigenvalue weighted by molar-refractivity contribution is -0.128. The van der Waals surface area contributed by atoms with Gasteiger partial charge in [0, 0.05) is 48.6 Å². The smallest absolute Gasteiger partial charge is 0.319 e. The summed E-state index contributed by atoms with van der Waals surface area (Å²) in [4.78, 5) is 32.1. The number of hydrogen-bond acceptors (Lipinski definition) is 6. The molecule has 234 valence electrons. The van der Waals surface area contributed by atoms with Crippen LogP contribution in [0.15, 0.2) is 43.0 Å². The van der Waals surface area contributed by atoms with E-state index >= 15 is 0 Å². The van der Waals surface area contributed by atoms with Gasteiger partial charge in [-0.3, -0.25) is 9.69 Å². The van der Waals surface area contributed by atoms with Gasteiger partial charge in [0.25, 0.3) is 0 Å². The van der Waals surface area contributed by atoms with Crippen LogP contribution < -0.4 is 9.64 Å². The van der Waals surface area contributed by atoms with Gasteiger partial charge in [-0.1, -0.05) is 36.4 Å². The summed E-state index contributed by atoms with van der Waals surface area (Å²) in [6.07, 6.45) is 7.28. The molecule has 1 aromatic heterocycles. The van der Waals surface area contributed by atoms with Crippen molar-refractivity contribution in [1.29, 1.82) is 0 Å². The minimum Gasteiger partial charge on any atom is -0.461 e. The van der Waals surface area contributed by atoms with E-state index in [9.17, 15) is 9.18 Å². The van der Waals surface area contributed by atoms with Crippen LogP contribution in [-0.2, 0) is 17.6 Å². The number of nitrogens with zero attached hydrogens (tertiary/aromatic N) is 6. The minimum atomic E-state index is -0.850. The molecule has 3 aliphatic heterocycles. The molecule has 0 N–H and O–H groups in total. The zero-order valence-corrected chi connectivity index (χ0v) is 26.2. The number of amides is 1. The summed E-state index contributed by atoms with van der Waals surface area (Å²) >= 11 is 7.06. The Labute approximate surface area is 268 Å². The van der Waals surface area contributed by atoms with E-state index in [1.807, 2.05) is 12.1 Å². The number of carbonyl (C=O) groups is 1. The van der Waals surface area contributed by atoms with Crippen molar-refractivity contribution in [2.24, 2.45) is 0 Å². The van der Waals surface area contributed by atoms with Gasteiger partial charge in [-0.2, -0.15) is 9.97 Å². The van der Waals surface area contributed by atoms with E-state index < -0.39 is 6.17 Å². The van der Waals surface area contributed by atoms with Gasteiger partial charge < -0.3 is 19.4 Å². The highest BCUT2D eigenvalue weighted by molar-refractivity contribution is 6.34. The monoisotopic (exact) mass is 628 g/mol. The Balaban J connectivity index is 1.30. The molecule has 0 unspecified atom stereocenters. The topological polar surface area (TPSA) is 66.2 Å². The third-order valence-corrected chi connectivity index (χ3v) is 10.5. The predicted molar refractivity (Wildman–Crippen MR) is 175 cm³/mol. The maximum Gasteiger partial charge on any atom is 0.319 e. The van der Waals surface area contributed by atoms with Gasteiger partial charge in [0.05, 0.1) is 11.1 Å². The van der Waals surface area contributed by atoms with Gasteiger partial charge in [0.2, 0.25) is 12.5 Å². The molecule has 45 heavy (non-hydrogen) atoms. The molecule has 0 bridgehead atoms. The fourth-order valence-corrected chi connectivity index (χ4v) is 8.29. The molecule has 10 heteroatoms. The van der Waals surface area contributed by atoms with Gasteiger partial charge >= 0.3 is 6.01 Å². The number of aromatic nitrogens is 2. The molecule has 7 rings (SSSR count). The highest BCUT2D eigenvalue weighted by Gasteiger charge is 2.49. The highest BCUT2D eigenvalue weighted by Crippen LogP contribution is 2.42. The summed E-state index contributed by atoms with van der Waals surface area (Å²) in [6.45, 7) is 14.4. The zero-order valence-electron chi connectivity index (χ0n) is 25.5. The maximum atomic E-state index is 14.5. The first-order valence-electron chi connectivity index (χ1n) is 16.0. The first-order valence-corrected chi connectivity index (χ1v) is 16.4. The summed E-state index contributed by atoms with van der Waals surface area (Å²) < 4.78 is 20.9. The quantitative estimate of drug-likeness (QED) is 0.240. The average molecular weight is 629 g/mol. The van der Waals surface area contributed by atoms with E-state index in [2.05, 4.69) is 39.4 Å². The lowest BCUT2D eigenvalue weighted by atomic mass is 9.86. The number of anilines is 1. The first-order chi connectivity index (χ1) is 21.9. The number of carbonyl (C=O) groups excluding carboxylic acids is 1. The molecular weight excluding hydrogens is 591 g/mol. The number of piperazine rings is 1. The average Bonchev–Trinajstić information content (AvgIpc) is 3.58. The van der Waals surface area contributed by atoms with E-state index in [1.165, 1.54) is 23.6 Å². The molecule has 4 heterocycles. The van der Waals surface area contributed by atoms with E-state index in [0.29, 0.717) is 55.6 Å². The Hall–Kier alpha value is -3.74. The van der Waals surface area contributed by atoms with Crippen LogP contribution in [0.2, 0.25) is 5.02 Å². The highest BCUT2D eigenvalue weighted by atomic mass is 35.5. The summed E-state index contributed by atoms with van der Waals surface area (Å²) in [6, 6.07) is 10.4. The second-order valence-corrected chi connectivity index (χ2v) is 13.3. The number of rotatable bonds is 7. The predicted octanol–water partition coefficient (Wildman–Crippen LogP) is 5.91. The molecular formula is C35H38ClFN6O2. The second-order valence-electron chi connectivity index (χ2n) is 12.9. The number of aryl methyl sites for hydroxylation is 1. The second kappa shape index (κ2) is 12.2. The molecule has 0 saturated carbocycles. The standard InChI is InChI=1S/C35H38ClFN6O2/c1-3-32(44)43-15-14-41(21-25(43)19-38-2)33-29-16-30(36)28(27-11-6-9-23-8-4-5-10-26(23)27)17-31(29)39-34(40-33)45-22-35-12-7-13-42(35)20-24(37)18-35/h3,6,9,11,16-17,24-25H,1,4-5,7-8,10,12-15,18-22H2/t24-,25+,35+/m1/s1. The number of halogens is 2. The van der Waals surface area contributed by atoms with Gasteiger partial charge in [-0.15, -0.1) is 0 Å². The fraction of sp³-hybridized carbons (Fsp3) is 0.486. The van der Waals surface area contributed by atoms with E-state index in [-0.39, 0.29) is 30.0 Å². The lowest BCUT2D eigenvalue weighted by Gasteiger charge is -2.39. The van der Waals surface area contributed by atoms with Crippen LogP contribution in [-0.4, -0.2) is 89.3 Å². The Morgan fingerprint density at radius 2 is 2.02 bits per heavy atom. The number of ether oxygens (including phenoxy) is 1. The number of alkyl halides is 1. The van der Waals surface area contributed by atoms with Crippen molar-refractivity contribution in [2.75, 3.05) is 50.8 Å². The largest absolute Gasteiger partial charge is 0.461 e. The van der Waals surface area contributed by atoms with Crippen molar-refractivity contribution in [2.45, 2.75) is 62.7 Å². The maximum absolute atomic E-state index is 14.5. The van der Waals surface area contributed by atoms with Crippen LogP contribution in [0.3, 0.4) is 0 Å². The van der Waals surface area contributed by atoms with E-state index in [4.69, 9.17) is 32.9 Å². The molecule has 4 aliphatic rings. The fourth-order valence-electron chi connectivity index (χ4n) is 8.02. The number of hydrogen-bond donors (Lipinski definition) is 0. The first kappa shape index (κ1) is 29.9. The third-order valence-electron chi connectivity index (χ3n) is 10.2. The summed E-state index contributed by atoms with van der Waals surface area (Å²) in [7, 11) is 0. The molecule has 3 fully saturated rings. The van der Waals surface area contributed by atoms with Crippen molar-refractivity contribution in [3.63, 3.8) is 0 Å². The van der Waals surface area contributed by atoms with E-state index in [0.717, 1.165) is 55.2 Å².